The lowest BCUT2D eigenvalue weighted by atomic mass is 10.0. The van der Waals surface area contributed by atoms with Crippen LogP contribution in [0.25, 0.3) is 0 Å². The molecule has 0 aliphatic rings. The van der Waals surface area contributed by atoms with Gasteiger partial charge in [0.05, 0.1) is 0 Å². The lowest BCUT2D eigenvalue weighted by Gasteiger charge is -2.18. The molecule has 0 aromatic rings. The maximum absolute atomic E-state index is 12.7. The maximum Gasteiger partial charge on any atom is 0.306 e. The van der Waals surface area contributed by atoms with Crippen molar-refractivity contribution in [2.75, 3.05) is 13.2 Å². The number of carbonyl (C=O) groups is 3. The molecule has 0 bridgehead atoms. The van der Waals surface area contributed by atoms with Gasteiger partial charge in [0.25, 0.3) is 0 Å². The molecular formula is C55H96O6. The molecule has 0 N–H and O–H groups in total. The zero-order valence-electron chi connectivity index (χ0n) is 40.2. The predicted molar refractivity (Wildman–Crippen MR) is 261 cm³/mol. The van der Waals surface area contributed by atoms with Crippen LogP contribution in [-0.4, -0.2) is 37.2 Å². The Hall–Kier alpha value is -2.89. The van der Waals surface area contributed by atoms with Crippen molar-refractivity contribution in [1.29, 1.82) is 0 Å². The summed E-state index contributed by atoms with van der Waals surface area (Å²) in [6.07, 6.45) is 61.1. The van der Waals surface area contributed by atoms with E-state index in [1.165, 1.54) is 116 Å². The SMILES string of the molecule is CC/C=C\C/C=C\C/C=C\C/C=C\C/C=C\CCCCCCCCCCCCCC(=O)OCC(COC(=O)CCCCCCC)OC(=O)CCCCCCCCCCCCC. The van der Waals surface area contributed by atoms with Crippen LogP contribution in [0.15, 0.2) is 60.8 Å². The third-order valence-electron chi connectivity index (χ3n) is 11.0. The van der Waals surface area contributed by atoms with E-state index in [1.54, 1.807) is 0 Å². The molecule has 0 aliphatic carbocycles. The molecule has 61 heavy (non-hydrogen) atoms. The van der Waals surface area contributed by atoms with Crippen molar-refractivity contribution in [1.82, 2.24) is 0 Å². The van der Waals surface area contributed by atoms with Gasteiger partial charge in [0.2, 0.25) is 0 Å². The van der Waals surface area contributed by atoms with E-state index in [0.29, 0.717) is 19.3 Å². The third kappa shape index (κ3) is 48.0. The van der Waals surface area contributed by atoms with Gasteiger partial charge in [-0.05, 0) is 64.2 Å². The Morgan fingerprint density at radius 1 is 0.344 bits per heavy atom. The topological polar surface area (TPSA) is 78.9 Å². The number of hydrogen-bond donors (Lipinski definition) is 0. The van der Waals surface area contributed by atoms with Crippen LogP contribution < -0.4 is 0 Å². The normalized spacial score (nSPS) is 12.5. The summed E-state index contributed by atoms with van der Waals surface area (Å²) < 4.78 is 16.6. The lowest BCUT2D eigenvalue weighted by Crippen LogP contribution is -2.30. The van der Waals surface area contributed by atoms with E-state index in [2.05, 4.69) is 81.5 Å². The Balaban J connectivity index is 4.03. The zero-order chi connectivity index (χ0) is 44.4. The van der Waals surface area contributed by atoms with E-state index < -0.39 is 6.10 Å². The molecule has 0 amide bonds. The Bertz CT molecular complexity index is 1120. The highest BCUT2D eigenvalue weighted by atomic mass is 16.6. The minimum absolute atomic E-state index is 0.0732. The number of allylic oxidation sites excluding steroid dienone is 10. The molecule has 0 aliphatic heterocycles. The van der Waals surface area contributed by atoms with Crippen LogP contribution in [0.1, 0.15) is 252 Å². The van der Waals surface area contributed by atoms with E-state index in [0.717, 1.165) is 96.3 Å². The van der Waals surface area contributed by atoms with Crippen molar-refractivity contribution in [3.05, 3.63) is 60.8 Å². The van der Waals surface area contributed by atoms with Crippen molar-refractivity contribution in [3.63, 3.8) is 0 Å². The minimum Gasteiger partial charge on any atom is -0.462 e. The first-order valence-electron chi connectivity index (χ1n) is 25.8. The van der Waals surface area contributed by atoms with Gasteiger partial charge in [0.15, 0.2) is 6.10 Å². The minimum atomic E-state index is -0.767. The molecule has 0 saturated heterocycles. The van der Waals surface area contributed by atoms with Gasteiger partial charge in [-0.2, -0.15) is 0 Å². The lowest BCUT2D eigenvalue weighted by molar-refractivity contribution is -0.167. The molecule has 0 spiro atoms. The Labute approximate surface area is 377 Å². The molecule has 1 unspecified atom stereocenters. The van der Waals surface area contributed by atoms with E-state index in [-0.39, 0.29) is 31.1 Å². The quantitative estimate of drug-likeness (QED) is 0.0263. The number of carbonyl (C=O) groups excluding carboxylic acids is 3. The second-order valence-electron chi connectivity index (χ2n) is 17.1. The highest BCUT2D eigenvalue weighted by Crippen LogP contribution is 2.15. The summed E-state index contributed by atoms with van der Waals surface area (Å²) in [6, 6.07) is 0. The van der Waals surface area contributed by atoms with Crippen LogP contribution in [-0.2, 0) is 28.6 Å². The molecule has 0 radical (unpaired) electrons. The Morgan fingerprint density at radius 3 is 1.00 bits per heavy atom. The molecule has 0 aromatic heterocycles. The molecule has 1 atom stereocenters. The first-order chi connectivity index (χ1) is 30.0. The number of unbranched alkanes of at least 4 members (excludes halogenated alkanes) is 25. The first kappa shape index (κ1) is 58.1. The van der Waals surface area contributed by atoms with E-state index in [9.17, 15) is 14.4 Å². The molecule has 352 valence electrons. The molecular weight excluding hydrogens is 757 g/mol. The average Bonchev–Trinajstić information content (AvgIpc) is 3.26. The summed E-state index contributed by atoms with van der Waals surface area (Å²) in [6.45, 7) is 6.43. The van der Waals surface area contributed by atoms with Crippen LogP contribution in [0, 0.1) is 0 Å². The van der Waals surface area contributed by atoms with Crippen molar-refractivity contribution < 1.29 is 28.6 Å². The first-order valence-corrected chi connectivity index (χ1v) is 25.8. The third-order valence-corrected chi connectivity index (χ3v) is 11.0. The number of ether oxygens (including phenoxy) is 3. The van der Waals surface area contributed by atoms with Crippen molar-refractivity contribution in [2.45, 2.75) is 258 Å². The second-order valence-corrected chi connectivity index (χ2v) is 17.1. The van der Waals surface area contributed by atoms with Crippen molar-refractivity contribution in [2.24, 2.45) is 0 Å². The fourth-order valence-corrected chi connectivity index (χ4v) is 7.17. The van der Waals surface area contributed by atoms with Gasteiger partial charge < -0.3 is 14.2 Å². The van der Waals surface area contributed by atoms with Crippen LogP contribution in [0.5, 0.6) is 0 Å². The summed E-state index contributed by atoms with van der Waals surface area (Å²) in [4.78, 5) is 37.6. The van der Waals surface area contributed by atoms with Gasteiger partial charge >= 0.3 is 17.9 Å². The summed E-state index contributed by atoms with van der Waals surface area (Å²) >= 11 is 0. The monoisotopic (exact) mass is 853 g/mol. The van der Waals surface area contributed by atoms with Crippen LogP contribution >= 0.6 is 0 Å². The number of hydrogen-bond acceptors (Lipinski definition) is 6. The summed E-state index contributed by atoms with van der Waals surface area (Å²) in [7, 11) is 0. The van der Waals surface area contributed by atoms with Crippen LogP contribution in [0.4, 0.5) is 0 Å². The van der Waals surface area contributed by atoms with Crippen LogP contribution in [0.3, 0.4) is 0 Å². The van der Waals surface area contributed by atoms with E-state index in [1.807, 2.05) is 0 Å². The van der Waals surface area contributed by atoms with E-state index >= 15 is 0 Å². The highest BCUT2D eigenvalue weighted by Gasteiger charge is 2.19. The van der Waals surface area contributed by atoms with E-state index in [4.69, 9.17) is 14.2 Å². The highest BCUT2D eigenvalue weighted by molar-refractivity contribution is 5.71. The molecule has 0 aromatic carbocycles. The van der Waals surface area contributed by atoms with Gasteiger partial charge in [-0.3, -0.25) is 14.4 Å². The molecule has 0 heterocycles. The van der Waals surface area contributed by atoms with Crippen LogP contribution in [0.2, 0.25) is 0 Å². The Kier molecular flexibility index (Phi) is 47.4. The standard InChI is InChI=1S/C55H96O6/c1-4-7-10-13-15-17-19-20-21-22-23-24-25-26-27-28-29-30-31-32-33-34-36-37-39-42-45-48-54(57)60-51-52(50-59-53(56)47-44-41-12-9-6-3)61-55(58)49-46-43-40-38-35-18-16-14-11-8-5-2/h7,10,15,17,20-21,23-24,26-27,52H,4-6,8-9,11-14,16,18-19,22,25,28-51H2,1-3H3/b10-7-,17-15-,21-20-,24-23-,27-26-. The molecule has 0 saturated carbocycles. The second kappa shape index (κ2) is 49.8. The Morgan fingerprint density at radius 2 is 0.639 bits per heavy atom. The van der Waals surface area contributed by atoms with Gasteiger partial charge in [-0.15, -0.1) is 0 Å². The smallest absolute Gasteiger partial charge is 0.306 e. The predicted octanol–water partition coefficient (Wildman–Crippen LogP) is 16.9. The fourth-order valence-electron chi connectivity index (χ4n) is 7.17. The van der Waals surface area contributed by atoms with Gasteiger partial charge in [0, 0.05) is 19.3 Å². The number of esters is 3. The molecule has 0 rings (SSSR count). The molecule has 6 heteroatoms. The fraction of sp³-hybridized carbons (Fsp3) is 0.764. The average molecular weight is 853 g/mol. The number of rotatable bonds is 46. The summed E-state index contributed by atoms with van der Waals surface area (Å²) in [5.74, 6) is -0.887. The summed E-state index contributed by atoms with van der Waals surface area (Å²) in [5.41, 5.74) is 0. The van der Waals surface area contributed by atoms with Gasteiger partial charge in [0.1, 0.15) is 13.2 Å². The van der Waals surface area contributed by atoms with Gasteiger partial charge in [-0.25, -0.2) is 0 Å². The largest absolute Gasteiger partial charge is 0.462 e. The van der Waals surface area contributed by atoms with Crippen molar-refractivity contribution in [3.8, 4) is 0 Å². The zero-order valence-corrected chi connectivity index (χ0v) is 40.2. The van der Waals surface area contributed by atoms with Gasteiger partial charge in [-0.1, -0.05) is 229 Å². The molecule has 6 nitrogen and oxygen atoms in total. The maximum atomic E-state index is 12.7. The summed E-state index contributed by atoms with van der Waals surface area (Å²) in [5, 5.41) is 0. The van der Waals surface area contributed by atoms with Crippen molar-refractivity contribution >= 4 is 17.9 Å². The molecule has 0 fully saturated rings.